The van der Waals surface area contributed by atoms with Gasteiger partial charge in [0.15, 0.2) is 6.10 Å². The molecule has 0 saturated heterocycles. The first-order valence-corrected chi connectivity index (χ1v) is 31.0. The number of esters is 2. The van der Waals surface area contributed by atoms with Crippen molar-refractivity contribution >= 4 is 19.8 Å². The van der Waals surface area contributed by atoms with Gasteiger partial charge >= 0.3 is 11.9 Å². The van der Waals surface area contributed by atoms with Gasteiger partial charge in [0.05, 0.1) is 27.7 Å². The number of allylic oxidation sites excluding steroid dienone is 10. The Kier molecular flexibility index (Phi) is 50.9. The van der Waals surface area contributed by atoms with Gasteiger partial charge in [-0.15, -0.1) is 0 Å². The summed E-state index contributed by atoms with van der Waals surface area (Å²) in [7, 11) is 1.16. The minimum Gasteiger partial charge on any atom is -0.756 e. The van der Waals surface area contributed by atoms with E-state index in [2.05, 4.69) is 74.6 Å². The number of unbranched alkanes of at least 4 members (excludes halogenated alkanes) is 30. The summed E-state index contributed by atoms with van der Waals surface area (Å²) in [4.78, 5) is 37.9. The molecule has 71 heavy (non-hydrogen) atoms. The lowest BCUT2D eigenvalue weighted by Crippen LogP contribution is -2.37. The molecule has 0 amide bonds. The highest BCUT2D eigenvalue weighted by molar-refractivity contribution is 7.45. The third-order valence-corrected chi connectivity index (χ3v) is 13.8. The summed E-state index contributed by atoms with van der Waals surface area (Å²) in [6.07, 6.45) is 66.9. The summed E-state index contributed by atoms with van der Waals surface area (Å²) in [6.45, 7) is 4.15. The van der Waals surface area contributed by atoms with Crippen molar-refractivity contribution in [1.82, 2.24) is 0 Å². The lowest BCUT2D eigenvalue weighted by Gasteiger charge is -2.28. The second-order valence-electron chi connectivity index (χ2n) is 21.0. The summed E-state index contributed by atoms with van der Waals surface area (Å²) < 4.78 is 34.2. The highest BCUT2D eigenvalue weighted by Crippen LogP contribution is 2.38. The molecular weight excluding hydrogens is 906 g/mol. The lowest BCUT2D eigenvalue weighted by molar-refractivity contribution is -0.870. The van der Waals surface area contributed by atoms with Gasteiger partial charge in [-0.05, 0) is 57.8 Å². The van der Waals surface area contributed by atoms with Crippen LogP contribution in [0.5, 0.6) is 0 Å². The van der Waals surface area contributed by atoms with Crippen molar-refractivity contribution < 1.29 is 42.1 Å². The molecule has 0 N–H and O–H groups in total. The number of hydrogen-bond donors (Lipinski definition) is 0. The van der Waals surface area contributed by atoms with Crippen LogP contribution in [0.3, 0.4) is 0 Å². The van der Waals surface area contributed by atoms with Gasteiger partial charge in [-0.25, -0.2) is 0 Å². The molecule has 0 saturated carbocycles. The largest absolute Gasteiger partial charge is 0.756 e. The van der Waals surface area contributed by atoms with Crippen LogP contribution in [-0.2, 0) is 32.7 Å². The van der Waals surface area contributed by atoms with Gasteiger partial charge in [-0.2, -0.15) is 0 Å². The Morgan fingerprint density at radius 2 is 0.803 bits per heavy atom. The van der Waals surface area contributed by atoms with Crippen LogP contribution in [0.2, 0.25) is 0 Å². The van der Waals surface area contributed by atoms with Gasteiger partial charge in [0.2, 0.25) is 0 Å². The van der Waals surface area contributed by atoms with Crippen LogP contribution in [0.25, 0.3) is 0 Å². The van der Waals surface area contributed by atoms with E-state index in [9.17, 15) is 19.0 Å². The second kappa shape index (κ2) is 52.6. The first-order valence-electron chi connectivity index (χ1n) is 29.5. The molecule has 0 aliphatic heterocycles. The minimum atomic E-state index is -4.64. The molecule has 0 spiro atoms. The molecule has 0 aromatic heterocycles. The Hall–Kier alpha value is -2.29. The van der Waals surface area contributed by atoms with Crippen LogP contribution in [0, 0.1) is 0 Å². The Morgan fingerprint density at radius 1 is 0.451 bits per heavy atom. The van der Waals surface area contributed by atoms with Crippen molar-refractivity contribution in [2.24, 2.45) is 0 Å². The fourth-order valence-electron chi connectivity index (χ4n) is 8.27. The zero-order valence-corrected chi connectivity index (χ0v) is 47.8. The van der Waals surface area contributed by atoms with E-state index in [0.717, 1.165) is 77.0 Å². The topological polar surface area (TPSA) is 111 Å². The molecule has 0 heterocycles. The number of rotatable bonds is 54. The first-order chi connectivity index (χ1) is 34.5. The third-order valence-electron chi connectivity index (χ3n) is 12.8. The van der Waals surface area contributed by atoms with E-state index < -0.39 is 26.5 Å². The quantitative estimate of drug-likeness (QED) is 0.0195. The summed E-state index contributed by atoms with van der Waals surface area (Å²) >= 11 is 0. The molecule has 9 nitrogen and oxygen atoms in total. The van der Waals surface area contributed by atoms with E-state index in [1.54, 1.807) is 0 Å². The molecule has 2 unspecified atom stereocenters. The fraction of sp³-hybridized carbons (Fsp3) is 0.803. The summed E-state index contributed by atoms with van der Waals surface area (Å²) in [5.41, 5.74) is 0. The van der Waals surface area contributed by atoms with E-state index in [0.29, 0.717) is 17.4 Å². The van der Waals surface area contributed by atoms with Crippen molar-refractivity contribution in [2.45, 2.75) is 270 Å². The zero-order valence-electron chi connectivity index (χ0n) is 46.9. The molecule has 0 aliphatic carbocycles. The summed E-state index contributed by atoms with van der Waals surface area (Å²) in [6, 6.07) is 0. The number of quaternary nitrogens is 1. The Morgan fingerprint density at radius 3 is 1.20 bits per heavy atom. The van der Waals surface area contributed by atoms with Crippen LogP contribution in [-0.4, -0.2) is 70.0 Å². The van der Waals surface area contributed by atoms with E-state index in [1.165, 1.54) is 154 Å². The standard InChI is InChI=1S/C61H112NO8P/c1-6-8-10-12-14-16-18-20-22-24-26-28-30-32-33-35-37-39-41-43-45-47-49-51-53-60(63)67-57-59(58-69-71(65,66)68-56-55-62(3,4)5)70-61(64)54-52-50-48-46-44-42-40-38-36-34-31-29-27-25-23-21-19-17-15-13-11-9-7-2/h9,11,15,17,21,23,27,29,34,36,59H,6-8,10,12-14,16,18-20,22,24-26,28,30-33,35,37-58H2,1-5H3/b11-9-,17-15-,23-21-,29-27-,36-34-. The highest BCUT2D eigenvalue weighted by Gasteiger charge is 2.22. The molecule has 0 bridgehead atoms. The molecule has 414 valence electrons. The smallest absolute Gasteiger partial charge is 0.306 e. The predicted octanol–water partition coefficient (Wildman–Crippen LogP) is 17.7. The van der Waals surface area contributed by atoms with E-state index in [-0.39, 0.29) is 32.0 Å². The third kappa shape index (κ3) is 56.9. The maximum Gasteiger partial charge on any atom is 0.306 e. The van der Waals surface area contributed by atoms with E-state index in [4.69, 9.17) is 18.5 Å². The number of carbonyl (C=O) groups is 2. The first kappa shape index (κ1) is 68.7. The van der Waals surface area contributed by atoms with Crippen molar-refractivity contribution in [2.75, 3.05) is 47.5 Å². The molecule has 0 rings (SSSR count). The molecule has 0 radical (unpaired) electrons. The molecule has 0 aromatic rings. The number of nitrogens with zero attached hydrogens (tertiary/aromatic N) is 1. The van der Waals surface area contributed by atoms with Crippen molar-refractivity contribution in [3.8, 4) is 0 Å². The maximum atomic E-state index is 12.8. The van der Waals surface area contributed by atoms with Gasteiger partial charge in [0.1, 0.15) is 19.8 Å². The normalized spacial score (nSPS) is 13.7. The van der Waals surface area contributed by atoms with Crippen molar-refractivity contribution in [3.05, 3.63) is 60.8 Å². The van der Waals surface area contributed by atoms with Gasteiger partial charge < -0.3 is 27.9 Å². The monoisotopic (exact) mass is 1020 g/mol. The van der Waals surface area contributed by atoms with Crippen molar-refractivity contribution in [1.29, 1.82) is 0 Å². The Bertz CT molecular complexity index is 1380. The molecule has 0 aromatic carbocycles. The second-order valence-corrected chi connectivity index (χ2v) is 22.4. The lowest BCUT2D eigenvalue weighted by atomic mass is 10.0. The fourth-order valence-corrected chi connectivity index (χ4v) is 9.00. The maximum absolute atomic E-state index is 12.8. The number of phosphoric acid groups is 1. The molecule has 2 atom stereocenters. The van der Waals surface area contributed by atoms with Gasteiger partial charge in [-0.1, -0.05) is 254 Å². The molecule has 10 heteroatoms. The Labute approximate surface area is 438 Å². The summed E-state index contributed by atoms with van der Waals surface area (Å²) in [5, 5.41) is 0. The molecule has 0 fully saturated rings. The number of likely N-dealkylation sites (N-methyl/N-ethyl adjacent to an activating group) is 1. The van der Waals surface area contributed by atoms with Crippen LogP contribution in [0.15, 0.2) is 60.8 Å². The van der Waals surface area contributed by atoms with Crippen LogP contribution in [0.4, 0.5) is 0 Å². The average Bonchev–Trinajstić information content (AvgIpc) is 3.33. The van der Waals surface area contributed by atoms with E-state index >= 15 is 0 Å². The van der Waals surface area contributed by atoms with Gasteiger partial charge in [0.25, 0.3) is 7.82 Å². The van der Waals surface area contributed by atoms with Crippen molar-refractivity contribution in [3.63, 3.8) is 0 Å². The number of ether oxygens (including phenoxy) is 2. The SMILES string of the molecule is CC/C=C\C/C=C\C/C=C\C/C=C\C/C=C\CCCCCCCCCC(=O)OC(COC(=O)CCCCCCCCCCCCCCCCCCCCCCCCCC)COP(=O)([O-])OCC[N+](C)(C)C. The van der Waals surface area contributed by atoms with Crippen LogP contribution >= 0.6 is 7.82 Å². The minimum absolute atomic E-state index is 0.0341. The number of phosphoric ester groups is 1. The Balaban J connectivity index is 4.16. The van der Waals surface area contributed by atoms with Gasteiger partial charge in [-0.3, -0.25) is 14.2 Å². The number of hydrogen-bond acceptors (Lipinski definition) is 8. The highest BCUT2D eigenvalue weighted by atomic mass is 31.2. The number of carbonyl (C=O) groups excluding carboxylic acids is 2. The van der Waals surface area contributed by atoms with E-state index in [1.807, 2.05) is 21.1 Å². The average molecular weight is 1020 g/mol. The van der Waals surface area contributed by atoms with Crippen LogP contribution < -0.4 is 4.89 Å². The predicted molar refractivity (Wildman–Crippen MR) is 300 cm³/mol. The van der Waals surface area contributed by atoms with Gasteiger partial charge in [0, 0.05) is 12.8 Å². The summed E-state index contributed by atoms with van der Waals surface area (Å²) in [5.74, 6) is -0.837. The molecular formula is C61H112NO8P. The van der Waals surface area contributed by atoms with Crippen LogP contribution in [0.1, 0.15) is 264 Å². The zero-order chi connectivity index (χ0) is 52.0. The molecule has 0 aliphatic rings.